The van der Waals surface area contributed by atoms with E-state index in [9.17, 15) is 0 Å². The number of nitrogen functional groups attached to an aromatic ring is 2. The molecular weight excluding hydrogens is 458 g/mol. The van der Waals surface area contributed by atoms with Crippen molar-refractivity contribution in [2.45, 2.75) is 4.21 Å². The van der Waals surface area contributed by atoms with E-state index in [1.807, 2.05) is 29.8 Å². The maximum Gasteiger partial charge on any atom is 0.142 e. The summed E-state index contributed by atoms with van der Waals surface area (Å²) in [5.74, 6) is -0.0624. The van der Waals surface area contributed by atoms with Crippen molar-refractivity contribution in [2.24, 2.45) is 11.5 Å². The number of thiophene rings is 1. The molecule has 7 nitrogen and oxygen atoms in total. The van der Waals surface area contributed by atoms with Crippen molar-refractivity contribution in [1.29, 1.82) is 10.8 Å². The Kier molecular flexibility index (Phi) is 5.65. The summed E-state index contributed by atoms with van der Waals surface area (Å²) in [5, 5.41) is 23.6. The van der Waals surface area contributed by atoms with Crippen LogP contribution in [0.2, 0.25) is 5.02 Å². The third-order valence-electron chi connectivity index (χ3n) is 4.25. The second-order valence-corrected chi connectivity index (χ2v) is 9.60. The monoisotopic (exact) mass is 473 g/mol. The number of nitrogens with zero attached hydrogens (tertiary/aromatic N) is 3. The van der Waals surface area contributed by atoms with Gasteiger partial charge in [-0.15, -0.1) is 34.4 Å². The van der Waals surface area contributed by atoms with Crippen molar-refractivity contribution >= 4 is 57.7 Å². The summed E-state index contributed by atoms with van der Waals surface area (Å²) in [7, 11) is 0. The van der Waals surface area contributed by atoms with Crippen molar-refractivity contribution in [3.63, 3.8) is 0 Å². The molecule has 3 aromatic heterocycles. The molecule has 0 bridgehead atoms. The van der Waals surface area contributed by atoms with Gasteiger partial charge in [0, 0.05) is 16.0 Å². The molecule has 1 aromatic carbocycles. The highest BCUT2D eigenvalue weighted by molar-refractivity contribution is 8.00. The Labute approximate surface area is 189 Å². The quantitative estimate of drug-likeness (QED) is 0.183. The van der Waals surface area contributed by atoms with E-state index in [0.29, 0.717) is 26.9 Å². The molecule has 0 aliphatic rings. The van der Waals surface area contributed by atoms with Crippen LogP contribution in [0.5, 0.6) is 0 Å². The number of thioether (sulfide) groups is 1. The lowest BCUT2D eigenvalue weighted by Crippen LogP contribution is -2.17. The number of halogens is 1. The average Bonchev–Trinajstić information content (AvgIpc) is 3.44. The van der Waals surface area contributed by atoms with Gasteiger partial charge in [-0.2, -0.15) is 5.10 Å². The third kappa shape index (κ3) is 3.74. The fourth-order valence-electron chi connectivity index (χ4n) is 2.90. The molecule has 0 aliphatic heterocycles. The summed E-state index contributed by atoms with van der Waals surface area (Å²) in [4.78, 5) is 5.48. The maximum atomic E-state index is 8.09. The van der Waals surface area contributed by atoms with Crippen LogP contribution < -0.4 is 11.5 Å². The summed E-state index contributed by atoms with van der Waals surface area (Å²) in [6, 6.07) is 9.05. The van der Waals surface area contributed by atoms with Gasteiger partial charge in [-0.1, -0.05) is 11.6 Å². The average molecular weight is 474 g/mol. The van der Waals surface area contributed by atoms with Gasteiger partial charge in [0.1, 0.15) is 22.4 Å². The number of hydrogen-bond donors (Lipinski definition) is 4. The molecule has 3 heterocycles. The van der Waals surface area contributed by atoms with Crippen LogP contribution in [0.1, 0.15) is 10.6 Å². The minimum atomic E-state index is -0.105. The lowest BCUT2D eigenvalue weighted by atomic mass is 10.2. The van der Waals surface area contributed by atoms with Gasteiger partial charge in [-0.05, 0) is 36.6 Å². The van der Waals surface area contributed by atoms with Crippen LogP contribution in [0, 0.1) is 10.8 Å². The van der Waals surface area contributed by atoms with Crippen molar-refractivity contribution in [3.8, 4) is 27.5 Å². The number of aromatic nitrogens is 3. The summed E-state index contributed by atoms with van der Waals surface area (Å²) in [6.45, 7) is 0. The summed E-state index contributed by atoms with van der Waals surface area (Å²) < 4.78 is 2.66. The fourth-order valence-corrected chi connectivity index (χ4v) is 5.73. The molecule has 0 saturated heterocycles. The predicted molar refractivity (Wildman–Crippen MR) is 127 cm³/mol. The summed E-state index contributed by atoms with van der Waals surface area (Å²) >= 11 is 10.5. The molecule has 11 heteroatoms. The number of amidine groups is 2. The minimum Gasteiger partial charge on any atom is -0.383 e. The van der Waals surface area contributed by atoms with Crippen LogP contribution in [0.3, 0.4) is 0 Å². The SMILES string of the molecule is CSc1sc(C(=N)N)cc1-c1nc(-c2cnn(-c3ccc(Cl)cc3)c2C(=N)N)cs1. The van der Waals surface area contributed by atoms with E-state index in [2.05, 4.69) is 5.10 Å². The van der Waals surface area contributed by atoms with Gasteiger partial charge in [-0.3, -0.25) is 10.8 Å². The van der Waals surface area contributed by atoms with Crippen molar-refractivity contribution in [2.75, 3.05) is 6.26 Å². The van der Waals surface area contributed by atoms with Crippen LogP contribution in [0.25, 0.3) is 27.5 Å². The predicted octanol–water partition coefficient (Wildman–Crippen LogP) is 4.67. The lowest BCUT2D eigenvalue weighted by Gasteiger charge is -2.07. The highest BCUT2D eigenvalue weighted by Gasteiger charge is 2.21. The standard InChI is InChI=1S/C19H16ClN7S3/c1-28-19-11(6-14(30-19)16(21)22)18-26-13(8-29-18)12-7-25-27(15(12)17(23)24)10-4-2-9(20)3-5-10/h2-8H,1H3,(H3,21,22)(H3,23,24). The number of nitrogens with one attached hydrogen (secondary N) is 2. The first kappa shape index (κ1) is 20.6. The highest BCUT2D eigenvalue weighted by atomic mass is 35.5. The summed E-state index contributed by atoms with van der Waals surface area (Å²) in [6.07, 6.45) is 3.64. The Morgan fingerprint density at radius 2 is 1.87 bits per heavy atom. The van der Waals surface area contributed by atoms with E-state index in [1.54, 1.807) is 34.8 Å². The molecule has 152 valence electrons. The van der Waals surface area contributed by atoms with E-state index in [4.69, 9.17) is 38.9 Å². The Bertz CT molecular complexity index is 1250. The number of thiazole rings is 1. The molecule has 0 atom stereocenters. The number of nitrogens with two attached hydrogens (primary N) is 2. The molecular formula is C19H16ClN7S3. The van der Waals surface area contributed by atoms with Gasteiger partial charge in [0.2, 0.25) is 0 Å². The van der Waals surface area contributed by atoms with Crippen LogP contribution in [0.15, 0.2) is 46.1 Å². The molecule has 0 aliphatic carbocycles. The van der Waals surface area contributed by atoms with Gasteiger partial charge in [0.15, 0.2) is 0 Å². The Morgan fingerprint density at radius 3 is 2.50 bits per heavy atom. The highest BCUT2D eigenvalue weighted by Crippen LogP contribution is 2.40. The van der Waals surface area contributed by atoms with Crippen molar-refractivity contribution in [1.82, 2.24) is 14.8 Å². The van der Waals surface area contributed by atoms with Gasteiger partial charge >= 0.3 is 0 Å². The second-order valence-electron chi connectivity index (χ2n) is 6.18. The van der Waals surface area contributed by atoms with E-state index in [-0.39, 0.29) is 11.7 Å². The molecule has 4 rings (SSSR count). The molecule has 0 fully saturated rings. The van der Waals surface area contributed by atoms with E-state index in [0.717, 1.165) is 20.5 Å². The Hall–Kier alpha value is -2.66. The topological polar surface area (TPSA) is 130 Å². The summed E-state index contributed by atoms with van der Waals surface area (Å²) in [5.41, 5.74) is 15.1. The van der Waals surface area contributed by atoms with E-state index < -0.39 is 0 Å². The molecule has 6 N–H and O–H groups in total. The lowest BCUT2D eigenvalue weighted by molar-refractivity contribution is 0.868. The van der Waals surface area contributed by atoms with E-state index >= 15 is 0 Å². The van der Waals surface area contributed by atoms with Crippen LogP contribution >= 0.6 is 46.0 Å². The van der Waals surface area contributed by atoms with Gasteiger partial charge in [0.05, 0.1) is 32.2 Å². The van der Waals surface area contributed by atoms with Gasteiger partial charge in [-0.25, -0.2) is 9.67 Å². The molecule has 0 radical (unpaired) electrons. The zero-order valence-electron chi connectivity index (χ0n) is 15.6. The third-order valence-corrected chi connectivity index (χ3v) is 7.69. The number of rotatable bonds is 6. The van der Waals surface area contributed by atoms with Crippen molar-refractivity contribution < 1.29 is 0 Å². The largest absolute Gasteiger partial charge is 0.383 e. The maximum absolute atomic E-state index is 8.09. The van der Waals surface area contributed by atoms with E-state index in [1.165, 1.54) is 22.7 Å². The minimum absolute atomic E-state index is 0.0430. The number of benzene rings is 1. The molecule has 0 spiro atoms. The van der Waals surface area contributed by atoms with Crippen molar-refractivity contribution in [3.05, 3.63) is 57.5 Å². The van der Waals surface area contributed by atoms with Crippen LogP contribution in [0.4, 0.5) is 0 Å². The smallest absolute Gasteiger partial charge is 0.142 e. The molecule has 0 unspecified atom stereocenters. The van der Waals surface area contributed by atoms with Crippen LogP contribution in [-0.2, 0) is 0 Å². The normalized spacial score (nSPS) is 11.0. The van der Waals surface area contributed by atoms with Gasteiger partial charge in [0.25, 0.3) is 0 Å². The Balaban J connectivity index is 1.78. The van der Waals surface area contributed by atoms with Gasteiger partial charge < -0.3 is 11.5 Å². The Morgan fingerprint density at radius 1 is 1.13 bits per heavy atom. The molecule has 0 saturated carbocycles. The zero-order valence-corrected chi connectivity index (χ0v) is 18.8. The molecule has 0 amide bonds. The first-order valence-corrected chi connectivity index (χ1v) is 11.9. The fraction of sp³-hybridized carbons (Fsp3) is 0.0526. The number of hydrogen-bond acceptors (Lipinski definition) is 7. The second kappa shape index (κ2) is 8.23. The molecule has 30 heavy (non-hydrogen) atoms. The van der Waals surface area contributed by atoms with Crippen LogP contribution in [-0.4, -0.2) is 32.7 Å². The first-order valence-electron chi connectivity index (χ1n) is 8.56. The first-order chi connectivity index (χ1) is 14.4. The molecule has 4 aromatic rings. The zero-order chi connectivity index (χ0) is 21.4.